The maximum atomic E-state index is 13.4. The highest BCUT2D eigenvalue weighted by atomic mass is 16.5. The third kappa shape index (κ3) is 4.65. The van der Waals surface area contributed by atoms with E-state index >= 15 is 0 Å². The Kier molecular flexibility index (Phi) is 6.64. The van der Waals surface area contributed by atoms with Crippen LogP contribution in [0.15, 0.2) is 83.0 Å². The van der Waals surface area contributed by atoms with E-state index in [1.807, 2.05) is 67.6 Å². The third-order valence-electron chi connectivity index (χ3n) is 6.50. The summed E-state index contributed by atoms with van der Waals surface area (Å²) in [5.74, 6) is 2.10. The first-order valence-corrected chi connectivity index (χ1v) is 12.0. The van der Waals surface area contributed by atoms with Crippen LogP contribution < -0.4 is 19.7 Å². The summed E-state index contributed by atoms with van der Waals surface area (Å²) in [6, 6.07) is 22.3. The van der Waals surface area contributed by atoms with Crippen LogP contribution in [0.25, 0.3) is 17.0 Å². The number of methoxy groups -OCH3 is 2. The highest BCUT2D eigenvalue weighted by Crippen LogP contribution is 2.39. The van der Waals surface area contributed by atoms with Gasteiger partial charge in [0.1, 0.15) is 11.5 Å². The van der Waals surface area contributed by atoms with Crippen molar-refractivity contribution in [3.8, 4) is 22.9 Å². The molecule has 37 heavy (non-hydrogen) atoms. The van der Waals surface area contributed by atoms with E-state index in [4.69, 9.17) is 19.0 Å². The molecule has 4 aromatic rings. The number of benzene rings is 3. The standard InChI is InChI=1S/C29H28N4O4/c1-5-19-12-14-20(15-13-19)26-25(28-31-27(32-37-28)21-8-6-10-23(16-21)35-3)18(2)33(29(34)30-26)22-9-7-11-24(17-22)36-4/h6-17,26H,5H2,1-4H3,(H,30,34). The molecule has 188 valence electrons. The minimum atomic E-state index is -0.473. The Labute approximate surface area is 215 Å². The van der Waals surface area contributed by atoms with Gasteiger partial charge in [0.05, 0.1) is 31.5 Å². The third-order valence-corrected chi connectivity index (χ3v) is 6.50. The highest BCUT2D eigenvalue weighted by molar-refractivity contribution is 6.01. The molecule has 3 aromatic carbocycles. The van der Waals surface area contributed by atoms with Crippen molar-refractivity contribution in [2.24, 2.45) is 0 Å². The summed E-state index contributed by atoms with van der Waals surface area (Å²) in [5.41, 5.74) is 4.96. The van der Waals surface area contributed by atoms with Crippen molar-refractivity contribution in [2.75, 3.05) is 19.1 Å². The lowest BCUT2D eigenvalue weighted by Gasteiger charge is -2.35. The summed E-state index contributed by atoms with van der Waals surface area (Å²) in [7, 11) is 3.21. The minimum Gasteiger partial charge on any atom is -0.497 e. The van der Waals surface area contributed by atoms with Crippen LogP contribution >= 0.6 is 0 Å². The second-order valence-electron chi connectivity index (χ2n) is 8.67. The lowest BCUT2D eigenvalue weighted by atomic mass is 9.93. The zero-order valence-corrected chi connectivity index (χ0v) is 21.2. The van der Waals surface area contributed by atoms with Crippen molar-refractivity contribution in [1.29, 1.82) is 0 Å². The van der Waals surface area contributed by atoms with Crippen molar-refractivity contribution in [1.82, 2.24) is 15.5 Å². The second-order valence-corrected chi connectivity index (χ2v) is 8.67. The predicted octanol–water partition coefficient (Wildman–Crippen LogP) is 6.02. The van der Waals surface area contributed by atoms with E-state index in [1.165, 1.54) is 5.56 Å². The zero-order valence-electron chi connectivity index (χ0n) is 21.2. The number of carbonyl (C=O) groups excluding carboxylic acids is 1. The quantitative estimate of drug-likeness (QED) is 0.337. The molecule has 1 atom stereocenters. The van der Waals surface area contributed by atoms with Crippen LogP contribution in [0, 0.1) is 0 Å². The Morgan fingerprint density at radius 3 is 2.38 bits per heavy atom. The molecular weight excluding hydrogens is 468 g/mol. The molecule has 0 aliphatic carbocycles. The van der Waals surface area contributed by atoms with Crippen molar-refractivity contribution in [3.05, 3.63) is 95.5 Å². The Bertz CT molecular complexity index is 1460. The molecule has 2 amide bonds. The van der Waals surface area contributed by atoms with Gasteiger partial charge in [-0.1, -0.05) is 54.5 Å². The average molecular weight is 497 g/mol. The molecule has 1 N–H and O–H groups in total. The van der Waals surface area contributed by atoms with Gasteiger partial charge in [0, 0.05) is 17.3 Å². The fraction of sp³-hybridized carbons (Fsp3) is 0.207. The Morgan fingerprint density at radius 2 is 1.68 bits per heavy atom. The molecule has 2 heterocycles. The number of rotatable bonds is 7. The first-order valence-electron chi connectivity index (χ1n) is 12.0. The van der Waals surface area contributed by atoms with Crippen LogP contribution in [0.2, 0.25) is 0 Å². The minimum absolute atomic E-state index is 0.258. The number of hydrogen-bond acceptors (Lipinski definition) is 6. The van der Waals surface area contributed by atoms with Crippen molar-refractivity contribution < 1.29 is 18.8 Å². The lowest BCUT2D eigenvalue weighted by molar-refractivity contribution is 0.244. The number of aromatic nitrogens is 2. The van der Waals surface area contributed by atoms with Gasteiger partial charge in [0.2, 0.25) is 5.82 Å². The zero-order chi connectivity index (χ0) is 25.9. The maximum absolute atomic E-state index is 13.4. The van der Waals surface area contributed by atoms with Gasteiger partial charge in [-0.05, 0) is 48.7 Å². The number of urea groups is 1. The van der Waals surface area contributed by atoms with E-state index in [-0.39, 0.29) is 6.03 Å². The maximum Gasteiger partial charge on any atom is 0.327 e. The molecular formula is C29H28N4O4. The van der Waals surface area contributed by atoms with Gasteiger partial charge in [-0.3, -0.25) is 4.90 Å². The highest BCUT2D eigenvalue weighted by Gasteiger charge is 2.36. The van der Waals surface area contributed by atoms with E-state index in [9.17, 15) is 4.79 Å². The van der Waals surface area contributed by atoms with Crippen molar-refractivity contribution >= 4 is 17.3 Å². The number of ether oxygens (including phenoxy) is 2. The van der Waals surface area contributed by atoms with Gasteiger partial charge < -0.3 is 19.3 Å². The molecule has 0 fully saturated rings. The number of allylic oxidation sites excluding steroid dienone is 1. The topological polar surface area (TPSA) is 89.7 Å². The molecule has 1 unspecified atom stereocenters. The lowest BCUT2D eigenvalue weighted by Crippen LogP contribution is -2.46. The van der Waals surface area contributed by atoms with Gasteiger partial charge in [0.15, 0.2) is 0 Å². The Morgan fingerprint density at radius 1 is 0.973 bits per heavy atom. The molecule has 8 nitrogen and oxygen atoms in total. The largest absolute Gasteiger partial charge is 0.497 e. The van der Waals surface area contributed by atoms with E-state index in [1.54, 1.807) is 19.1 Å². The fourth-order valence-electron chi connectivity index (χ4n) is 4.49. The second kappa shape index (κ2) is 10.2. The summed E-state index contributed by atoms with van der Waals surface area (Å²) in [6.45, 7) is 3.99. The molecule has 1 aliphatic rings. The Balaban J connectivity index is 1.64. The van der Waals surface area contributed by atoms with E-state index in [2.05, 4.69) is 29.5 Å². The van der Waals surface area contributed by atoms with Gasteiger partial charge in [-0.15, -0.1) is 0 Å². The SMILES string of the molecule is CCc1ccc(C2NC(=O)N(c3cccc(OC)c3)C(C)=C2c2nc(-c3cccc(OC)c3)no2)cc1. The van der Waals surface area contributed by atoms with Crippen LogP contribution in [0.3, 0.4) is 0 Å². The summed E-state index contributed by atoms with van der Waals surface area (Å²) >= 11 is 0. The molecule has 0 radical (unpaired) electrons. The monoisotopic (exact) mass is 496 g/mol. The van der Waals surface area contributed by atoms with Gasteiger partial charge in [-0.25, -0.2) is 4.79 Å². The number of aryl methyl sites for hydroxylation is 1. The first-order chi connectivity index (χ1) is 18.0. The van der Waals surface area contributed by atoms with Crippen LogP contribution in [0.4, 0.5) is 10.5 Å². The average Bonchev–Trinajstić information content (AvgIpc) is 3.43. The molecule has 8 heteroatoms. The Hall–Kier alpha value is -4.59. The number of carbonyl (C=O) groups is 1. The number of amides is 2. The number of hydrogen-bond donors (Lipinski definition) is 1. The van der Waals surface area contributed by atoms with Crippen molar-refractivity contribution in [3.63, 3.8) is 0 Å². The van der Waals surface area contributed by atoms with Crippen LogP contribution in [0.1, 0.15) is 36.9 Å². The fourth-order valence-corrected chi connectivity index (χ4v) is 4.49. The van der Waals surface area contributed by atoms with E-state index < -0.39 is 6.04 Å². The molecule has 0 spiro atoms. The smallest absolute Gasteiger partial charge is 0.327 e. The molecule has 0 saturated carbocycles. The van der Waals surface area contributed by atoms with Gasteiger partial charge in [0.25, 0.3) is 5.89 Å². The number of anilines is 1. The number of nitrogens with one attached hydrogen (secondary N) is 1. The first kappa shape index (κ1) is 24.1. The molecule has 5 rings (SSSR count). The van der Waals surface area contributed by atoms with Gasteiger partial charge >= 0.3 is 6.03 Å². The van der Waals surface area contributed by atoms with E-state index in [0.29, 0.717) is 40.2 Å². The van der Waals surface area contributed by atoms with Crippen LogP contribution in [-0.4, -0.2) is 30.4 Å². The number of nitrogens with zero attached hydrogens (tertiary/aromatic N) is 3. The molecule has 0 bridgehead atoms. The molecule has 1 aliphatic heterocycles. The predicted molar refractivity (Wildman–Crippen MR) is 141 cm³/mol. The van der Waals surface area contributed by atoms with Gasteiger partial charge in [-0.2, -0.15) is 4.98 Å². The summed E-state index contributed by atoms with van der Waals surface area (Å²) < 4.78 is 16.5. The summed E-state index contributed by atoms with van der Waals surface area (Å²) in [5, 5.41) is 7.39. The normalized spacial score (nSPS) is 15.5. The molecule has 1 aromatic heterocycles. The van der Waals surface area contributed by atoms with Crippen LogP contribution in [0.5, 0.6) is 11.5 Å². The summed E-state index contributed by atoms with van der Waals surface area (Å²) in [6.07, 6.45) is 0.927. The van der Waals surface area contributed by atoms with Crippen LogP contribution in [-0.2, 0) is 6.42 Å². The summed E-state index contributed by atoms with van der Waals surface area (Å²) in [4.78, 5) is 19.8. The van der Waals surface area contributed by atoms with E-state index in [0.717, 1.165) is 17.5 Å². The molecule has 0 saturated heterocycles. The van der Waals surface area contributed by atoms with Crippen molar-refractivity contribution in [2.45, 2.75) is 26.3 Å².